The van der Waals surface area contributed by atoms with Gasteiger partial charge in [0, 0.05) is 17.7 Å². The Hall–Kier alpha value is -3.27. The molecule has 0 aromatic heterocycles. The zero-order valence-electron chi connectivity index (χ0n) is 18.4. The number of nitrogens with one attached hydrogen (secondary N) is 1. The van der Waals surface area contributed by atoms with Crippen molar-refractivity contribution in [2.45, 2.75) is 39.7 Å². The molecule has 0 aliphatic heterocycles. The van der Waals surface area contributed by atoms with Gasteiger partial charge >= 0.3 is 0 Å². The summed E-state index contributed by atoms with van der Waals surface area (Å²) in [5, 5.41) is 2.99. The molecular weight excluding hydrogens is 386 g/mol. The molecule has 4 nitrogen and oxygen atoms in total. The first kappa shape index (κ1) is 22.4. The number of amides is 1. The monoisotopic (exact) mass is 417 g/mol. The van der Waals surface area contributed by atoms with Gasteiger partial charge in [0.2, 0.25) is 0 Å². The van der Waals surface area contributed by atoms with Crippen LogP contribution in [0.15, 0.2) is 72.8 Å². The molecule has 0 aliphatic rings. The summed E-state index contributed by atoms with van der Waals surface area (Å²) in [6.45, 7) is 5.68. The number of hydrogen-bond acceptors (Lipinski definition) is 3. The van der Waals surface area contributed by atoms with Gasteiger partial charge in [0.05, 0.1) is 6.61 Å². The maximum absolute atomic E-state index is 12.5. The van der Waals surface area contributed by atoms with Gasteiger partial charge in [-0.2, -0.15) is 0 Å². The van der Waals surface area contributed by atoms with Crippen LogP contribution in [0.3, 0.4) is 0 Å². The van der Waals surface area contributed by atoms with Gasteiger partial charge in [0.15, 0.2) is 0 Å². The third kappa shape index (κ3) is 6.61. The molecule has 0 unspecified atom stereocenters. The standard InChI is InChI=1S/C27H31NO3/c1-3-5-9-18-28-27(29)23-14-17-26(30-4-2)24(19-23)20-31-25-15-12-22(13-16-25)21-10-7-6-8-11-21/h6-8,10-17,19H,3-5,9,18,20H2,1-2H3,(H,28,29). The second-order valence-electron chi connectivity index (χ2n) is 7.40. The van der Waals surface area contributed by atoms with Crippen LogP contribution in [-0.4, -0.2) is 19.1 Å². The fraction of sp³-hybridized carbons (Fsp3) is 0.296. The number of carbonyl (C=O) groups is 1. The quantitative estimate of drug-likeness (QED) is 0.375. The lowest BCUT2D eigenvalue weighted by molar-refractivity contribution is 0.0952. The molecule has 1 amide bonds. The normalized spacial score (nSPS) is 10.5. The first-order valence-electron chi connectivity index (χ1n) is 11.0. The van der Waals surface area contributed by atoms with Gasteiger partial charge in [-0.25, -0.2) is 0 Å². The van der Waals surface area contributed by atoms with Crippen molar-refractivity contribution in [1.29, 1.82) is 0 Å². The maximum Gasteiger partial charge on any atom is 0.251 e. The minimum Gasteiger partial charge on any atom is -0.493 e. The highest BCUT2D eigenvalue weighted by molar-refractivity contribution is 5.94. The topological polar surface area (TPSA) is 47.6 Å². The van der Waals surface area contributed by atoms with Crippen molar-refractivity contribution in [3.05, 3.63) is 83.9 Å². The third-order valence-corrected chi connectivity index (χ3v) is 5.04. The van der Waals surface area contributed by atoms with E-state index in [4.69, 9.17) is 9.47 Å². The minimum absolute atomic E-state index is 0.0624. The van der Waals surface area contributed by atoms with Crippen LogP contribution in [0.5, 0.6) is 11.5 Å². The van der Waals surface area contributed by atoms with E-state index in [1.807, 2.05) is 61.5 Å². The molecule has 0 bridgehead atoms. The molecule has 4 heteroatoms. The van der Waals surface area contributed by atoms with Gasteiger partial charge in [-0.05, 0) is 54.8 Å². The fourth-order valence-electron chi connectivity index (χ4n) is 3.34. The zero-order chi connectivity index (χ0) is 21.9. The molecule has 0 spiro atoms. The molecular formula is C27H31NO3. The molecule has 0 saturated carbocycles. The summed E-state index contributed by atoms with van der Waals surface area (Å²) in [7, 11) is 0. The highest BCUT2D eigenvalue weighted by Gasteiger charge is 2.11. The van der Waals surface area contributed by atoms with E-state index in [9.17, 15) is 4.79 Å². The van der Waals surface area contributed by atoms with Crippen molar-refractivity contribution in [2.75, 3.05) is 13.2 Å². The first-order valence-corrected chi connectivity index (χ1v) is 11.0. The van der Waals surface area contributed by atoms with Crippen molar-refractivity contribution >= 4 is 5.91 Å². The van der Waals surface area contributed by atoms with E-state index in [1.54, 1.807) is 6.07 Å². The van der Waals surface area contributed by atoms with E-state index in [0.717, 1.165) is 41.9 Å². The van der Waals surface area contributed by atoms with Crippen LogP contribution in [0.1, 0.15) is 49.0 Å². The Labute approximate surface area is 185 Å². The molecule has 31 heavy (non-hydrogen) atoms. The molecule has 0 aliphatic carbocycles. The van der Waals surface area contributed by atoms with Crippen LogP contribution in [-0.2, 0) is 6.61 Å². The van der Waals surface area contributed by atoms with Crippen LogP contribution in [0.2, 0.25) is 0 Å². The largest absolute Gasteiger partial charge is 0.493 e. The molecule has 3 aromatic carbocycles. The fourth-order valence-corrected chi connectivity index (χ4v) is 3.34. The van der Waals surface area contributed by atoms with Crippen LogP contribution in [0.4, 0.5) is 0 Å². The van der Waals surface area contributed by atoms with Crippen molar-refractivity contribution in [2.24, 2.45) is 0 Å². The Bertz CT molecular complexity index is 952. The predicted molar refractivity (Wildman–Crippen MR) is 126 cm³/mol. The van der Waals surface area contributed by atoms with E-state index < -0.39 is 0 Å². The van der Waals surface area contributed by atoms with E-state index >= 15 is 0 Å². The Balaban J connectivity index is 1.67. The van der Waals surface area contributed by atoms with Crippen molar-refractivity contribution < 1.29 is 14.3 Å². The second kappa shape index (κ2) is 11.8. The van der Waals surface area contributed by atoms with Gasteiger partial charge in [-0.3, -0.25) is 4.79 Å². The molecule has 0 radical (unpaired) electrons. The van der Waals surface area contributed by atoms with Crippen LogP contribution in [0, 0.1) is 0 Å². The molecule has 1 N–H and O–H groups in total. The smallest absolute Gasteiger partial charge is 0.251 e. The number of ether oxygens (including phenoxy) is 2. The number of hydrogen-bond donors (Lipinski definition) is 1. The summed E-state index contributed by atoms with van der Waals surface area (Å²) >= 11 is 0. The number of unbranched alkanes of at least 4 members (excludes halogenated alkanes) is 2. The molecule has 3 rings (SSSR count). The van der Waals surface area contributed by atoms with Crippen LogP contribution in [0.25, 0.3) is 11.1 Å². The Morgan fingerprint density at radius 1 is 0.839 bits per heavy atom. The van der Waals surface area contributed by atoms with E-state index in [-0.39, 0.29) is 5.91 Å². The SMILES string of the molecule is CCCCCNC(=O)c1ccc(OCC)c(COc2ccc(-c3ccccc3)cc2)c1. The summed E-state index contributed by atoms with van der Waals surface area (Å²) in [6.07, 6.45) is 3.24. The van der Waals surface area contributed by atoms with Gasteiger partial charge in [0.25, 0.3) is 5.91 Å². The lowest BCUT2D eigenvalue weighted by atomic mass is 10.1. The summed E-state index contributed by atoms with van der Waals surface area (Å²) < 4.78 is 11.7. The van der Waals surface area contributed by atoms with E-state index in [2.05, 4.69) is 24.4 Å². The number of benzene rings is 3. The minimum atomic E-state index is -0.0624. The first-order chi connectivity index (χ1) is 15.2. The zero-order valence-corrected chi connectivity index (χ0v) is 18.4. The summed E-state index contributed by atoms with van der Waals surface area (Å²) in [4.78, 5) is 12.5. The van der Waals surface area contributed by atoms with Gasteiger partial charge < -0.3 is 14.8 Å². The summed E-state index contributed by atoms with van der Waals surface area (Å²) in [5.74, 6) is 1.45. The number of rotatable bonds is 11. The van der Waals surface area contributed by atoms with Crippen molar-refractivity contribution in [3.63, 3.8) is 0 Å². The van der Waals surface area contributed by atoms with Gasteiger partial charge in [-0.1, -0.05) is 62.2 Å². The lowest BCUT2D eigenvalue weighted by Crippen LogP contribution is -2.24. The molecule has 162 valence electrons. The van der Waals surface area contributed by atoms with E-state index in [1.165, 1.54) is 5.56 Å². The van der Waals surface area contributed by atoms with Crippen LogP contribution < -0.4 is 14.8 Å². The third-order valence-electron chi connectivity index (χ3n) is 5.04. The summed E-state index contributed by atoms with van der Waals surface area (Å²) in [6, 6.07) is 23.8. The van der Waals surface area contributed by atoms with Crippen LogP contribution >= 0.6 is 0 Å². The molecule has 0 atom stereocenters. The van der Waals surface area contributed by atoms with Gasteiger partial charge in [-0.15, -0.1) is 0 Å². The highest BCUT2D eigenvalue weighted by atomic mass is 16.5. The molecule has 3 aromatic rings. The average molecular weight is 418 g/mol. The van der Waals surface area contributed by atoms with E-state index in [0.29, 0.717) is 25.3 Å². The van der Waals surface area contributed by atoms with Crippen molar-refractivity contribution in [1.82, 2.24) is 5.32 Å². The molecule has 0 fully saturated rings. The maximum atomic E-state index is 12.5. The molecule has 0 saturated heterocycles. The Morgan fingerprint density at radius 2 is 1.58 bits per heavy atom. The number of carbonyl (C=O) groups excluding carboxylic acids is 1. The lowest BCUT2D eigenvalue weighted by Gasteiger charge is -2.14. The Kier molecular flexibility index (Phi) is 8.53. The average Bonchev–Trinajstić information content (AvgIpc) is 2.82. The Morgan fingerprint density at radius 3 is 2.29 bits per heavy atom. The summed E-state index contributed by atoms with van der Waals surface area (Å²) in [5.41, 5.74) is 3.79. The predicted octanol–water partition coefficient (Wildman–Crippen LogP) is 6.25. The van der Waals surface area contributed by atoms with Crippen molar-refractivity contribution in [3.8, 4) is 22.6 Å². The highest BCUT2D eigenvalue weighted by Crippen LogP contribution is 2.25. The second-order valence-corrected chi connectivity index (χ2v) is 7.40. The van der Waals surface area contributed by atoms with Gasteiger partial charge in [0.1, 0.15) is 18.1 Å². The molecule has 0 heterocycles.